The van der Waals surface area contributed by atoms with Gasteiger partial charge in [0.15, 0.2) is 0 Å². The maximum absolute atomic E-state index is 13.4. The first-order chi connectivity index (χ1) is 15.7. The van der Waals surface area contributed by atoms with Crippen molar-refractivity contribution in [3.8, 4) is 0 Å². The third-order valence-electron chi connectivity index (χ3n) is 6.14. The van der Waals surface area contributed by atoms with Crippen LogP contribution in [0.5, 0.6) is 0 Å². The van der Waals surface area contributed by atoms with Crippen molar-refractivity contribution < 1.29 is 14.7 Å². The maximum atomic E-state index is 13.4. The molecule has 1 aliphatic carbocycles. The van der Waals surface area contributed by atoms with Crippen molar-refractivity contribution in [1.82, 2.24) is 10.2 Å². The van der Waals surface area contributed by atoms with Crippen molar-refractivity contribution >= 4 is 40.9 Å². The predicted octanol–water partition coefficient (Wildman–Crippen LogP) is 5.92. The highest BCUT2D eigenvalue weighted by Gasteiger charge is 2.51. The molecule has 2 aromatic rings. The number of amides is 2. The number of rotatable bonds is 7. The Labute approximate surface area is 205 Å². The third-order valence-corrected chi connectivity index (χ3v) is 6.61. The second-order valence-corrected chi connectivity index (χ2v) is 9.62. The summed E-state index contributed by atoms with van der Waals surface area (Å²) in [6, 6.07) is 12.8. The topological polar surface area (TPSA) is 81.7 Å². The Bertz CT molecular complexity index is 991. The molecule has 1 heterocycles. The van der Waals surface area contributed by atoms with Crippen LogP contribution in [0.3, 0.4) is 0 Å². The fraction of sp³-hybridized carbons (Fsp3) is 0.440. The van der Waals surface area contributed by atoms with Crippen molar-refractivity contribution in [1.29, 1.82) is 0 Å². The summed E-state index contributed by atoms with van der Waals surface area (Å²) in [6.07, 6.45) is 5.29. The van der Waals surface area contributed by atoms with Crippen molar-refractivity contribution in [3.05, 3.63) is 63.6 Å². The van der Waals surface area contributed by atoms with Gasteiger partial charge in [-0.05, 0) is 43.7 Å². The lowest BCUT2D eigenvalue weighted by molar-refractivity contribution is -0.129. The van der Waals surface area contributed by atoms with Gasteiger partial charge in [-0.3, -0.25) is 9.69 Å². The largest absolute Gasteiger partial charge is 0.465 e. The van der Waals surface area contributed by atoms with Gasteiger partial charge in [0.25, 0.3) is 0 Å². The average Bonchev–Trinajstić information content (AvgIpc) is 2.94. The van der Waals surface area contributed by atoms with Crippen LogP contribution in [-0.2, 0) is 16.8 Å². The Morgan fingerprint density at radius 2 is 1.79 bits per heavy atom. The van der Waals surface area contributed by atoms with Gasteiger partial charge in [-0.2, -0.15) is 0 Å². The van der Waals surface area contributed by atoms with Crippen LogP contribution in [0.1, 0.15) is 50.7 Å². The zero-order valence-corrected chi connectivity index (χ0v) is 20.5. The number of anilines is 1. The minimum Gasteiger partial charge on any atom is -0.465 e. The molecule has 1 fully saturated rings. The zero-order valence-electron chi connectivity index (χ0n) is 19.0. The van der Waals surface area contributed by atoms with Crippen LogP contribution in [-0.4, -0.2) is 41.1 Å². The van der Waals surface area contributed by atoms with Crippen LogP contribution in [0.2, 0.25) is 10.0 Å². The molecule has 178 valence electrons. The number of halogens is 2. The van der Waals surface area contributed by atoms with Crippen LogP contribution in [0.4, 0.5) is 10.5 Å². The molecule has 4 rings (SSSR count). The number of nitrogens with zero attached hydrogens (tertiary/aromatic N) is 1. The van der Waals surface area contributed by atoms with Gasteiger partial charge in [-0.1, -0.05) is 67.1 Å². The minimum atomic E-state index is -1.10. The third kappa shape index (κ3) is 5.99. The van der Waals surface area contributed by atoms with E-state index in [0.717, 1.165) is 11.1 Å². The van der Waals surface area contributed by atoms with Crippen molar-refractivity contribution in [3.63, 3.8) is 0 Å². The molecule has 8 heteroatoms. The lowest BCUT2D eigenvalue weighted by Gasteiger charge is -2.42. The Morgan fingerprint density at radius 1 is 1.12 bits per heavy atom. The molecule has 0 saturated heterocycles. The van der Waals surface area contributed by atoms with E-state index in [9.17, 15) is 9.59 Å². The van der Waals surface area contributed by atoms with Gasteiger partial charge in [-0.15, -0.1) is 0 Å². The van der Waals surface area contributed by atoms with Crippen molar-refractivity contribution in [2.24, 2.45) is 0 Å². The summed E-state index contributed by atoms with van der Waals surface area (Å²) in [6.45, 7) is 4.53. The fourth-order valence-electron chi connectivity index (χ4n) is 4.26. The Kier molecular flexibility index (Phi) is 8.63. The minimum absolute atomic E-state index is 0.0304. The Morgan fingerprint density at radius 3 is 2.36 bits per heavy atom. The second-order valence-electron chi connectivity index (χ2n) is 8.74. The van der Waals surface area contributed by atoms with Gasteiger partial charge >= 0.3 is 6.09 Å². The number of carboxylic acid groups (broad SMARTS) is 1. The predicted molar refractivity (Wildman–Crippen MR) is 133 cm³/mol. The first kappa shape index (κ1) is 25.3. The molecule has 0 spiro atoms. The van der Waals surface area contributed by atoms with Gasteiger partial charge in [0, 0.05) is 46.8 Å². The summed E-state index contributed by atoms with van der Waals surface area (Å²) in [5.74, 6) is -0.168. The van der Waals surface area contributed by atoms with E-state index in [1.54, 1.807) is 18.2 Å². The number of carbonyl (C=O) groups excluding carboxylic acids is 1. The molecule has 1 saturated carbocycles. The number of carbonyl (C=O) groups is 2. The summed E-state index contributed by atoms with van der Waals surface area (Å²) < 4.78 is 0. The normalized spacial score (nSPS) is 18.8. The highest BCUT2D eigenvalue weighted by molar-refractivity contribution is 6.31. The van der Waals surface area contributed by atoms with Crippen LogP contribution >= 0.6 is 23.2 Å². The molecule has 2 aliphatic rings. The van der Waals surface area contributed by atoms with Crippen molar-refractivity contribution in [2.75, 3.05) is 18.4 Å². The highest BCUT2D eigenvalue weighted by Crippen LogP contribution is 2.44. The van der Waals surface area contributed by atoms with Crippen LogP contribution in [0.25, 0.3) is 0 Å². The van der Waals surface area contributed by atoms with Gasteiger partial charge < -0.3 is 15.7 Å². The monoisotopic (exact) mass is 491 g/mol. The molecule has 3 N–H and O–H groups in total. The summed E-state index contributed by atoms with van der Waals surface area (Å²) in [4.78, 5) is 26.4. The molecule has 33 heavy (non-hydrogen) atoms. The molecule has 0 radical (unpaired) electrons. The quantitative estimate of drug-likeness (QED) is 0.448. The first-order valence-corrected chi connectivity index (χ1v) is 12.1. The van der Waals surface area contributed by atoms with E-state index in [1.165, 1.54) is 25.7 Å². The molecule has 0 aromatic heterocycles. The van der Waals surface area contributed by atoms with Gasteiger partial charge in [0.05, 0.1) is 0 Å². The Hall–Kier alpha value is -2.28. The van der Waals surface area contributed by atoms with E-state index in [-0.39, 0.29) is 18.5 Å². The smallest absolute Gasteiger partial charge is 0.404 e. The highest BCUT2D eigenvalue weighted by atomic mass is 35.5. The number of nitrogens with one attached hydrogen (secondary N) is 2. The van der Waals surface area contributed by atoms with Gasteiger partial charge in [0.1, 0.15) is 5.54 Å². The van der Waals surface area contributed by atoms with Gasteiger partial charge in [0.2, 0.25) is 5.91 Å². The standard InChI is InChI=1S/C21H23Cl2N3O3.C4H8/c1-13(2)26(9-8-24-20(28)29)21(12-14-4-3-5-15(22)10-14)17-7-6-16(23)11-18(17)25-19(21)27;1-2-4-3-1/h3-7,10-11,13,24H,8-9,12H2,1-2H3,(H,25,27)(H,28,29);1-4H2. The molecule has 2 aromatic carbocycles. The molecule has 0 bridgehead atoms. The van der Waals surface area contributed by atoms with E-state index in [4.69, 9.17) is 28.3 Å². The maximum Gasteiger partial charge on any atom is 0.404 e. The first-order valence-electron chi connectivity index (χ1n) is 11.3. The number of fused-ring (bicyclic) bond motifs is 1. The number of benzene rings is 2. The molecular formula is C25H31Cl2N3O3. The Balaban J connectivity index is 0.000000690. The van der Waals surface area contributed by atoms with Crippen LogP contribution in [0.15, 0.2) is 42.5 Å². The molecule has 1 atom stereocenters. The molecule has 2 amide bonds. The zero-order chi connectivity index (χ0) is 24.0. The SMILES string of the molecule is C1CCC1.CC(C)N(CCNC(=O)O)C1(Cc2cccc(Cl)c2)C(=O)Nc2cc(Cl)ccc21. The average molecular weight is 492 g/mol. The summed E-state index contributed by atoms with van der Waals surface area (Å²) in [7, 11) is 0. The lowest BCUT2D eigenvalue weighted by Crippen LogP contribution is -2.57. The number of hydrogen-bond acceptors (Lipinski definition) is 3. The molecular weight excluding hydrogens is 461 g/mol. The van der Waals surface area contributed by atoms with E-state index >= 15 is 0 Å². The van der Waals surface area contributed by atoms with Gasteiger partial charge in [-0.25, -0.2) is 4.79 Å². The molecule has 1 aliphatic heterocycles. The van der Waals surface area contributed by atoms with E-state index in [2.05, 4.69) is 10.6 Å². The summed E-state index contributed by atoms with van der Waals surface area (Å²) >= 11 is 12.3. The van der Waals surface area contributed by atoms with E-state index in [1.807, 2.05) is 43.0 Å². The van der Waals surface area contributed by atoms with Crippen molar-refractivity contribution in [2.45, 2.75) is 57.5 Å². The van der Waals surface area contributed by atoms with E-state index in [0.29, 0.717) is 28.7 Å². The summed E-state index contributed by atoms with van der Waals surface area (Å²) in [5, 5.41) is 15.4. The number of hydrogen-bond donors (Lipinski definition) is 3. The lowest BCUT2D eigenvalue weighted by atomic mass is 9.82. The van der Waals surface area contributed by atoms with Crippen LogP contribution in [0, 0.1) is 0 Å². The summed E-state index contributed by atoms with van der Waals surface area (Å²) in [5.41, 5.74) is 1.38. The van der Waals surface area contributed by atoms with E-state index < -0.39 is 11.6 Å². The second kappa shape index (κ2) is 11.2. The van der Waals surface area contributed by atoms with Crippen LogP contribution < -0.4 is 10.6 Å². The fourth-order valence-corrected chi connectivity index (χ4v) is 4.64. The molecule has 6 nitrogen and oxygen atoms in total. The molecule has 1 unspecified atom stereocenters.